The molecular weight excluding hydrogens is 289 g/mol. The third-order valence-electron chi connectivity index (χ3n) is 3.82. The van der Waals surface area contributed by atoms with Gasteiger partial charge in [-0.05, 0) is 48.6 Å². The van der Waals surface area contributed by atoms with Gasteiger partial charge in [-0.2, -0.15) is 0 Å². The van der Waals surface area contributed by atoms with Gasteiger partial charge in [0, 0.05) is 18.1 Å². The van der Waals surface area contributed by atoms with E-state index in [1.165, 1.54) is 24.1 Å². The second-order valence-corrected chi connectivity index (χ2v) is 5.83. The van der Waals surface area contributed by atoms with Gasteiger partial charge in [0.1, 0.15) is 0 Å². The van der Waals surface area contributed by atoms with Crippen molar-refractivity contribution in [2.24, 2.45) is 0 Å². The monoisotopic (exact) mass is 305 g/mol. The van der Waals surface area contributed by atoms with E-state index in [-0.39, 0.29) is 0 Å². The van der Waals surface area contributed by atoms with E-state index in [0.717, 1.165) is 29.2 Å². The summed E-state index contributed by atoms with van der Waals surface area (Å²) in [5.41, 5.74) is 4.83. The summed E-state index contributed by atoms with van der Waals surface area (Å²) < 4.78 is 0. The number of nitrogens with zero attached hydrogens (tertiary/aromatic N) is 1. The van der Waals surface area contributed by atoms with Crippen LogP contribution >= 0.6 is 23.2 Å². The fourth-order valence-corrected chi connectivity index (χ4v) is 3.27. The molecule has 0 fully saturated rings. The predicted molar refractivity (Wildman–Crippen MR) is 87.4 cm³/mol. The van der Waals surface area contributed by atoms with Crippen molar-refractivity contribution in [3.63, 3.8) is 0 Å². The summed E-state index contributed by atoms with van der Waals surface area (Å²) in [6.07, 6.45) is 3.55. The van der Waals surface area contributed by atoms with Gasteiger partial charge in [0.2, 0.25) is 0 Å². The molecule has 0 radical (unpaired) electrons. The first-order valence-electron chi connectivity index (χ1n) is 6.99. The van der Waals surface area contributed by atoms with Gasteiger partial charge < -0.3 is 4.90 Å². The molecule has 0 amide bonds. The molecule has 0 saturated carbocycles. The molecule has 0 bridgehead atoms. The van der Waals surface area contributed by atoms with Crippen LogP contribution in [-0.2, 0) is 12.3 Å². The van der Waals surface area contributed by atoms with Crippen LogP contribution in [0.25, 0.3) is 0 Å². The minimum absolute atomic E-state index is 0.497. The van der Waals surface area contributed by atoms with Gasteiger partial charge in [-0.25, -0.2) is 0 Å². The molecule has 0 aliphatic carbocycles. The van der Waals surface area contributed by atoms with Crippen LogP contribution in [0.15, 0.2) is 42.5 Å². The molecular formula is C17H17Cl2N. The Morgan fingerprint density at radius 1 is 1.00 bits per heavy atom. The first kappa shape index (κ1) is 13.8. The molecule has 104 valence electrons. The molecule has 1 aliphatic heterocycles. The van der Waals surface area contributed by atoms with Crippen molar-refractivity contribution in [2.75, 3.05) is 11.4 Å². The lowest BCUT2D eigenvalue weighted by Crippen LogP contribution is -2.18. The third kappa shape index (κ3) is 2.65. The van der Waals surface area contributed by atoms with Crippen molar-refractivity contribution in [3.05, 3.63) is 58.6 Å². The molecule has 2 aromatic rings. The zero-order valence-corrected chi connectivity index (χ0v) is 12.8. The number of anilines is 2. The number of aryl methyl sites for hydroxylation is 1. The summed E-state index contributed by atoms with van der Waals surface area (Å²) in [5, 5.41) is 0.778. The van der Waals surface area contributed by atoms with Crippen LogP contribution in [0.5, 0.6) is 0 Å². The van der Waals surface area contributed by atoms with Gasteiger partial charge in [0.25, 0.3) is 0 Å². The molecule has 0 saturated heterocycles. The summed E-state index contributed by atoms with van der Waals surface area (Å²) in [5.74, 6) is 0.497. The quantitative estimate of drug-likeness (QED) is 0.657. The van der Waals surface area contributed by atoms with Crippen molar-refractivity contribution in [1.82, 2.24) is 0 Å². The maximum Gasteiger partial charge on any atom is 0.0646 e. The maximum atomic E-state index is 6.46. The normalized spacial score (nSPS) is 14.8. The molecule has 20 heavy (non-hydrogen) atoms. The van der Waals surface area contributed by atoms with Gasteiger partial charge in [-0.3, -0.25) is 0 Å². The van der Waals surface area contributed by atoms with Gasteiger partial charge in [0.15, 0.2) is 0 Å². The van der Waals surface area contributed by atoms with E-state index in [1.54, 1.807) is 0 Å². The van der Waals surface area contributed by atoms with Gasteiger partial charge >= 0.3 is 0 Å². The van der Waals surface area contributed by atoms with E-state index in [4.69, 9.17) is 23.2 Å². The molecule has 1 heterocycles. The first-order chi connectivity index (χ1) is 9.79. The van der Waals surface area contributed by atoms with Crippen LogP contribution in [0.3, 0.4) is 0 Å². The Balaban J connectivity index is 2.05. The Hall–Kier alpha value is -1.18. The van der Waals surface area contributed by atoms with Crippen molar-refractivity contribution < 1.29 is 0 Å². The molecule has 1 aliphatic rings. The second-order valence-electron chi connectivity index (χ2n) is 5.16. The van der Waals surface area contributed by atoms with Crippen LogP contribution in [-0.4, -0.2) is 6.54 Å². The van der Waals surface area contributed by atoms with Crippen molar-refractivity contribution in [2.45, 2.75) is 25.1 Å². The van der Waals surface area contributed by atoms with Crippen LogP contribution < -0.4 is 4.90 Å². The molecule has 0 aromatic heterocycles. The summed E-state index contributed by atoms with van der Waals surface area (Å²) in [4.78, 5) is 2.34. The molecule has 0 unspecified atom stereocenters. The Morgan fingerprint density at radius 3 is 2.65 bits per heavy atom. The lowest BCUT2D eigenvalue weighted by molar-refractivity contribution is 0.761. The van der Waals surface area contributed by atoms with Crippen molar-refractivity contribution in [3.8, 4) is 0 Å². The molecule has 0 spiro atoms. The standard InChI is InChI=1S/C17H17Cl2N/c18-12-13-8-9-17(15(19)11-13)20-10-4-3-6-14-5-1-2-7-16(14)20/h1-2,5,7-9,11H,3-4,6,10,12H2. The molecule has 1 nitrogen and oxygen atoms in total. The number of fused-ring (bicyclic) bond motifs is 1. The summed E-state index contributed by atoms with van der Waals surface area (Å²) in [7, 11) is 0. The number of hydrogen-bond acceptors (Lipinski definition) is 1. The van der Waals surface area contributed by atoms with Crippen molar-refractivity contribution >= 4 is 34.6 Å². The number of hydrogen-bond donors (Lipinski definition) is 0. The van der Waals surface area contributed by atoms with Crippen LogP contribution in [0.1, 0.15) is 24.0 Å². The highest BCUT2D eigenvalue weighted by molar-refractivity contribution is 6.33. The lowest BCUT2D eigenvalue weighted by atomic mass is 10.1. The number of alkyl halides is 1. The number of halogens is 2. The highest BCUT2D eigenvalue weighted by atomic mass is 35.5. The topological polar surface area (TPSA) is 3.24 Å². The number of benzene rings is 2. The Labute approximate surface area is 130 Å². The lowest BCUT2D eigenvalue weighted by Gasteiger charge is -2.26. The maximum absolute atomic E-state index is 6.46. The van der Waals surface area contributed by atoms with E-state index >= 15 is 0 Å². The largest absolute Gasteiger partial charge is 0.340 e. The minimum Gasteiger partial charge on any atom is -0.340 e. The molecule has 3 heteroatoms. The third-order valence-corrected chi connectivity index (χ3v) is 4.43. The Morgan fingerprint density at radius 2 is 1.85 bits per heavy atom. The Kier molecular flexibility index (Phi) is 4.18. The molecule has 0 N–H and O–H groups in total. The predicted octanol–water partition coefficient (Wildman–Crippen LogP) is 5.55. The minimum atomic E-state index is 0.497. The van der Waals surface area contributed by atoms with Crippen LogP contribution in [0.2, 0.25) is 5.02 Å². The van der Waals surface area contributed by atoms with E-state index in [9.17, 15) is 0 Å². The SMILES string of the molecule is ClCc1ccc(N2CCCCc3ccccc32)c(Cl)c1. The van der Waals surface area contributed by atoms with Gasteiger partial charge in [0.05, 0.1) is 10.7 Å². The van der Waals surface area contributed by atoms with Crippen molar-refractivity contribution in [1.29, 1.82) is 0 Å². The van der Waals surface area contributed by atoms with E-state index in [0.29, 0.717) is 5.88 Å². The van der Waals surface area contributed by atoms with E-state index in [2.05, 4.69) is 41.3 Å². The highest BCUT2D eigenvalue weighted by Crippen LogP contribution is 2.36. The summed E-state index contributed by atoms with van der Waals surface area (Å²) in [6.45, 7) is 1.01. The fraction of sp³-hybridized carbons (Fsp3) is 0.294. The smallest absolute Gasteiger partial charge is 0.0646 e. The molecule has 2 aromatic carbocycles. The van der Waals surface area contributed by atoms with E-state index in [1.807, 2.05) is 6.07 Å². The Bertz CT molecular complexity index is 610. The highest BCUT2D eigenvalue weighted by Gasteiger charge is 2.18. The average Bonchev–Trinajstić information content (AvgIpc) is 2.69. The number of rotatable bonds is 2. The zero-order chi connectivity index (χ0) is 13.9. The summed E-state index contributed by atoms with van der Waals surface area (Å²) >= 11 is 12.3. The summed E-state index contributed by atoms with van der Waals surface area (Å²) in [6, 6.07) is 14.7. The van der Waals surface area contributed by atoms with Gasteiger partial charge in [-0.15, -0.1) is 11.6 Å². The van der Waals surface area contributed by atoms with Crippen LogP contribution in [0.4, 0.5) is 11.4 Å². The molecule has 0 atom stereocenters. The molecule has 3 rings (SSSR count). The van der Waals surface area contributed by atoms with E-state index < -0.39 is 0 Å². The zero-order valence-electron chi connectivity index (χ0n) is 11.3. The van der Waals surface area contributed by atoms with Crippen LogP contribution in [0, 0.1) is 0 Å². The van der Waals surface area contributed by atoms with Gasteiger partial charge in [-0.1, -0.05) is 35.9 Å². The average molecular weight is 306 g/mol. The fourth-order valence-electron chi connectivity index (χ4n) is 2.79. The number of para-hydroxylation sites is 1. The first-order valence-corrected chi connectivity index (χ1v) is 7.90. The second kappa shape index (κ2) is 6.07.